The fourth-order valence-corrected chi connectivity index (χ4v) is 1.34. The van der Waals surface area contributed by atoms with Gasteiger partial charge in [0.05, 0.1) is 0 Å². The van der Waals surface area contributed by atoms with Crippen molar-refractivity contribution in [3.05, 3.63) is 29.8 Å². The van der Waals surface area contributed by atoms with E-state index in [9.17, 15) is 13.2 Å². The molecule has 0 bridgehead atoms. The number of carbonyl (C=O) groups excluding carboxylic acids is 1. The summed E-state index contributed by atoms with van der Waals surface area (Å²) in [6.07, 6.45) is 0.727. The Balaban J connectivity index is 0.00000256. The number of hydrogen-bond acceptors (Lipinski definition) is 4. The second-order valence-corrected chi connectivity index (χ2v) is 5.28. The van der Waals surface area contributed by atoms with Gasteiger partial charge in [-0.05, 0) is 31.2 Å². The molecule has 1 unspecified atom stereocenters. The number of anilines is 1. The van der Waals surface area contributed by atoms with Crippen LogP contribution in [0.15, 0.2) is 24.3 Å². The summed E-state index contributed by atoms with van der Waals surface area (Å²) in [7, 11) is -4.00. The van der Waals surface area contributed by atoms with Crippen LogP contribution in [0.3, 0.4) is 0 Å². The van der Waals surface area contributed by atoms with Gasteiger partial charge in [-0.25, -0.2) is 0 Å². The molecule has 0 aromatic heterocycles. The number of carbonyl (C=O) groups is 1. The fraction of sp³-hybridized carbons (Fsp3) is 0.300. The minimum atomic E-state index is -4.00. The van der Waals surface area contributed by atoms with Crippen LogP contribution < -0.4 is 5.32 Å². The zero-order valence-corrected chi connectivity index (χ0v) is 9.57. The molecule has 0 amide bonds. The first kappa shape index (κ1) is 16.6. The molecule has 1 atom stereocenters. The first-order chi connectivity index (χ1) is 7.43. The van der Waals surface area contributed by atoms with Crippen molar-refractivity contribution >= 4 is 51.6 Å². The molecule has 1 aromatic carbocycles. The van der Waals surface area contributed by atoms with Crippen LogP contribution in [0.2, 0.25) is 0 Å². The zero-order chi connectivity index (χ0) is 12.2. The molecule has 5 nitrogen and oxygen atoms in total. The molecule has 0 radical (unpaired) electrons. The van der Waals surface area contributed by atoms with Crippen molar-refractivity contribution in [2.24, 2.45) is 0 Å². The predicted octanol–water partition coefficient (Wildman–Crippen LogP) is 0.539. The van der Waals surface area contributed by atoms with Crippen molar-refractivity contribution in [2.75, 3.05) is 11.9 Å². The Kier molecular flexibility index (Phi) is 6.96. The molecule has 1 rings (SSSR count). The van der Waals surface area contributed by atoms with Gasteiger partial charge in [-0.3, -0.25) is 9.35 Å². The van der Waals surface area contributed by atoms with Crippen molar-refractivity contribution in [1.29, 1.82) is 0 Å². The second kappa shape index (κ2) is 7.13. The van der Waals surface area contributed by atoms with Crippen molar-refractivity contribution < 1.29 is 17.8 Å². The van der Waals surface area contributed by atoms with Crippen LogP contribution in [-0.2, 0) is 10.1 Å². The Morgan fingerprint density at radius 1 is 1.35 bits per heavy atom. The molecule has 0 saturated carbocycles. The standard InChI is InChI=1S/C10H13NO4S.Na.H/c1-8(16(13,14)15)6-11-10-4-2-9(7-12)3-5-10;;/h2-5,7-8,11H,6H2,1H3,(H,13,14,15);;. The van der Waals surface area contributed by atoms with Gasteiger partial charge < -0.3 is 5.32 Å². The Morgan fingerprint density at radius 3 is 2.29 bits per heavy atom. The van der Waals surface area contributed by atoms with E-state index in [1.807, 2.05) is 0 Å². The zero-order valence-electron chi connectivity index (χ0n) is 8.75. The van der Waals surface area contributed by atoms with E-state index in [0.717, 1.165) is 6.29 Å². The van der Waals surface area contributed by atoms with E-state index in [-0.39, 0.29) is 36.1 Å². The van der Waals surface area contributed by atoms with Gasteiger partial charge in [0.15, 0.2) is 0 Å². The summed E-state index contributed by atoms with van der Waals surface area (Å²) < 4.78 is 30.2. The number of rotatable bonds is 5. The van der Waals surface area contributed by atoms with Gasteiger partial charge in [0.2, 0.25) is 0 Å². The number of hydrogen-bond donors (Lipinski definition) is 2. The minimum absolute atomic E-state index is 0. The molecule has 0 saturated heterocycles. The van der Waals surface area contributed by atoms with Gasteiger partial charge in [-0.2, -0.15) is 8.42 Å². The third kappa shape index (κ3) is 5.65. The molecule has 0 fully saturated rings. The van der Waals surface area contributed by atoms with Crippen molar-refractivity contribution in [3.8, 4) is 0 Å². The molecule has 0 aliphatic rings. The average molecular weight is 267 g/mol. The van der Waals surface area contributed by atoms with E-state index < -0.39 is 15.4 Å². The fourth-order valence-electron chi connectivity index (χ4n) is 1.05. The summed E-state index contributed by atoms with van der Waals surface area (Å²) in [5, 5.41) is 1.97. The maximum absolute atomic E-state index is 10.7. The Morgan fingerprint density at radius 2 is 1.88 bits per heavy atom. The van der Waals surface area contributed by atoms with Crippen LogP contribution in [0, 0.1) is 0 Å². The number of nitrogens with one attached hydrogen (secondary N) is 1. The number of benzene rings is 1. The molecule has 17 heavy (non-hydrogen) atoms. The summed E-state index contributed by atoms with van der Waals surface area (Å²) in [6.45, 7) is 1.52. The Hall–Kier alpha value is -0.400. The van der Waals surface area contributed by atoms with Gasteiger partial charge in [-0.15, -0.1) is 0 Å². The molecule has 7 heteroatoms. The van der Waals surface area contributed by atoms with Gasteiger partial charge in [0.1, 0.15) is 11.5 Å². The summed E-state index contributed by atoms with van der Waals surface area (Å²) in [5.74, 6) is 0. The molecule has 0 aliphatic heterocycles. The summed E-state index contributed by atoms with van der Waals surface area (Å²) >= 11 is 0. The summed E-state index contributed by atoms with van der Waals surface area (Å²) in [5.41, 5.74) is 1.24. The molecule has 0 spiro atoms. The molecular weight excluding hydrogens is 253 g/mol. The molecule has 0 heterocycles. The van der Waals surface area contributed by atoms with E-state index in [1.165, 1.54) is 6.92 Å². The van der Waals surface area contributed by atoms with Crippen LogP contribution in [0.25, 0.3) is 0 Å². The predicted molar refractivity (Wildman–Crippen MR) is 68.5 cm³/mol. The van der Waals surface area contributed by atoms with E-state index in [0.29, 0.717) is 11.3 Å². The summed E-state index contributed by atoms with van der Waals surface area (Å²) in [6, 6.07) is 6.57. The van der Waals surface area contributed by atoms with Crippen molar-refractivity contribution in [2.45, 2.75) is 12.2 Å². The van der Waals surface area contributed by atoms with Crippen LogP contribution in [0.1, 0.15) is 17.3 Å². The number of aldehydes is 1. The third-order valence-corrected chi connectivity index (χ3v) is 3.33. The maximum atomic E-state index is 10.7. The molecule has 90 valence electrons. The van der Waals surface area contributed by atoms with Gasteiger partial charge in [0, 0.05) is 17.8 Å². The van der Waals surface area contributed by atoms with E-state index >= 15 is 0 Å². The first-order valence-electron chi connectivity index (χ1n) is 4.69. The average Bonchev–Trinajstić information content (AvgIpc) is 2.25. The van der Waals surface area contributed by atoms with Crippen LogP contribution >= 0.6 is 0 Å². The van der Waals surface area contributed by atoms with Gasteiger partial charge >= 0.3 is 29.6 Å². The Bertz CT molecular complexity index is 458. The summed E-state index contributed by atoms with van der Waals surface area (Å²) in [4.78, 5) is 10.4. The van der Waals surface area contributed by atoms with Gasteiger partial charge in [-0.1, -0.05) is 0 Å². The SMILES string of the molecule is CC(CNc1ccc(C=O)cc1)S(=O)(=O)O.[NaH]. The monoisotopic (exact) mass is 267 g/mol. The molecular formula is C10H14NNaO4S. The second-order valence-electron chi connectivity index (χ2n) is 3.45. The first-order valence-corrected chi connectivity index (χ1v) is 6.19. The van der Waals surface area contributed by atoms with E-state index in [4.69, 9.17) is 4.55 Å². The third-order valence-electron chi connectivity index (χ3n) is 2.15. The van der Waals surface area contributed by atoms with E-state index in [1.54, 1.807) is 24.3 Å². The van der Waals surface area contributed by atoms with Crippen LogP contribution in [0.5, 0.6) is 0 Å². The normalized spacial score (nSPS) is 12.4. The van der Waals surface area contributed by atoms with Crippen LogP contribution in [0.4, 0.5) is 5.69 Å². The topological polar surface area (TPSA) is 83.5 Å². The molecule has 0 aliphatic carbocycles. The molecule has 2 N–H and O–H groups in total. The van der Waals surface area contributed by atoms with Crippen molar-refractivity contribution in [3.63, 3.8) is 0 Å². The van der Waals surface area contributed by atoms with Crippen LogP contribution in [-0.4, -0.2) is 60.6 Å². The van der Waals surface area contributed by atoms with Crippen molar-refractivity contribution in [1.82, 2.24) is 0 Å². The Labute approximate surface area is 123 Å². The quantitative estimate of drug-likeness (QED) is 0.462. The van der Waals surface area contributed by atoms with Gasteiger partial charge in [0.25, 0.3) is 10.1 Å². The van der Waals surface area contributed by atoms with E-state index in [2.05, 4.69) is 5.32 Å². The molecule has 1 aromatic rings.